The Bertz CT molecular complexity index is 415. The van der Waals surface area contributed by atoms with Gasteiger partial charge in [-0.1, -0.05) is 6.07 Å². The van der Waals surface area contributed by atoms with E-state index in [1.54, 1.807) is 6.07 Å². The van der Waals surface area contributed by atoms with Gasteiger partial charge in [0.15, 0.2) is 11.5 Å². The number of alkyl halides is 3. The number of ether oxygens (including phenoxy) is 2. The zero-order valence-corrected chi connectivity index (χ0v) is 10.3. The Morgan fingerprint density at radius 1 is 1.44 bits per heavy atom. The first kappa shape index (κ1) is 14.5. The van der Waals surface area contributed by atoms with Gasteiger partial charge in [0.05, 0.1) is 7.11 Å². The molecule has 1 aromatic carbocycles. The molecule has 18 heavy (non-hydrogen) atoms. The molecule has 1 aromatic rings. The van der Waals surface area contributed by atoms with Crippen LogP contribution >= 0.6 is 11.6 Å². The van der Waals surface area contributed by atoms with Crippen molar-refractivity contribution in [1.29, 1.82) is 0 Å². The minimum atomic E-state index is -2.92. The van der Waals surface area contributed by atoms with Crippen LogP contribution in [-0.4, -0.2) is 25.5 Å². The molecule has 0 saturated carbocycles. The summed E-state index contributed by atoms with van der Waals surface area (Å²) in [6.45, 7) is -2.68. The Labute approximate surface area is 108 Å². The van der Waals surface area contributed by atoms with E-state index in [2.05, 4.69) is 10.1 Å². The third-order valence-electron chi connectivity index (χ3n) is 2.06. The van der Waals surface area contributed by atoms with Crippen molar-refractivity contribution in [2.45, 2.75) is 13.2 Å². The minimum Gasteiger partial charge on any atom is -0.493 e. The van der Waals surface area contributed by atoms with Gasteiger partial charge in [-0.3, -0.25) is 4.79 Å². The molecule has 7 heteroatoms. The molecule has 1 N–H and O–H groups in total. The lowest BCUT2D eigenvalue weighted by molar-refractivity contribution is -0.118. The number of benzene rings is 1. The van der Waals surface area contributed by atoms with E-state index in [0.717, 1.165) is 0 Å². The molecule has 0 aliphatic rings. The molecule has 0 saturated heterocycles. The maximum Gasteiger partial charge on any atom is 0.387 e. The Balaban J connectivity index is 2.75. The van der Waals surface area contributed by atoms with Gasteiger partial charge in [0.1, 0.15) is 5.88 Å². The Morgan fingerprint density at radius 2 is 2.17 bits per heavy atom. The zero-order valence-electron chi connectivity index (χ0n) is 9.58. The second-order valence-electron chi connectivity index (χ2n) is 3.27. The smallest absolute Gasteiger partial charge is 0.387 e. The molecule has 0 aliphatic carbocycles. The summed E-state index contributed by atoms with van der Waals surface area (Å²) < 4.78 is 33.4. The van der Waals surface area contributed by atoms with Gasteiger partial charge >= 0.3 is 6.61 Å². The number of amides is 1. The highest BCUT2D eigenvalue weighted by atomic mass is 35.5. The summed E-state index contributed by atoms with van der Waals surface area (Å²) in [4.78, 5) is 11.0. The summed E-state index contributed by atoms with van der Waals surface area (Å²) in [5.74, 6) is -0.333. The van der Waals surface area contributed by atoms with E-state index in [0.29, 0.717) is 5.56 Å². The van der Waals surface area contributed by atoms with Gasteiger partial charge in [-0.25, -0.2) is 0 Å². The lowest BCUT2D eigenvalue weighted by atomic mass is 10.2. The Hall–Kier alpha value is -1.56. The van der Waals surface area contributed by atoms with Crippen LogP contribution < -0.4 is 14.8 Å². The molecule has 100 valence electrons. The van der Waals surface area contributed by atoms with Crippen LogP contribution in [0.2, 0.25) is 0 Å². The highest BCUT2D eigenvalue weighted by molar-refractivity contribution is 6.27. The molecule has 0 bridgehead atoms. The third-order valence-corrected chi connectivity index (χ3v) is 2.30. The summed E-state index contributed by atoms with van der Waals surface area (Å²) in [6.07, 6.45) is 0. The number of carbonyl (C=O) groups is 1. The number of methoxy groups -OCH3 is 1. The van der Waals surface area contributed by atoms with Crippen LogP contribution in [0.4, 0.5) is 8.78 Å². The van der Waals surface area contributed by atoms with Gasteiger partial charge in [-0.2, -0.15) is 8.78 Å². The van der Waals surface area contributed by atoms with Crippen LogP contribution in [0.25, 0.3) is 0 Å². The van der Waals surface area contributed by atoms with Crippen LogP contribution in [-0.2, 0) is 11.3 Å². The van der Waals surface area contributed by atoms with Crippen LogP contribution in [0.5, 0.6) is 11.5 Å². The van der Waals surface area contributed by atoms with Gasteiger partial charge in [0.25, 0.3) is 0 Å². The second kappa shape index (κ2) is 7.00. The average Bonchev–Trinajstić information content (AvgIpc) is 2.36. The summed E-state index contributed by atoms with van der Waals surface area (Å²) in [6, 6.07) is 4.41. The SMILES string of the molecule is COc1cc(CNC(=O)CCl)ccc1OC(F)F. The number of carbonyl (C=O) groups excluding carboxylic acids is 1. The molecule has 1 amide bonds. The standard InChI is InChI=1S/C11H12ClF2NO3/c1-17-9-4-7(6-15-10(16)5-12)2-3-8(9)18-11(13)14/h2-4,11H,5-6H2,1H3,(H,15,16). The third kappa shape index (κ3) is 4.37. The van der Waals surface area contributed by atoms with Gasteiger partial charge in [0, 0.05) is 6.54 Å². The highest BCUT2D eigenvalue weighted by Crippen LogP contribution is 2.29. The van der Waals surface area contributed by atoms with E-state index >= 15 is 0 Å². The fourth-order valence-corrected chi connectivity index (χ4v) is 1.36. The number of rotatable bonds is 6. The molecule has 0 unspecified atom stereocenters. The molecule has 1 rings (SSSR count). The number of halogens is 3. The fraction of sp³-hybridized carbons (Fsp3) is 0.364. The summed E-state index contributed by atoms with van der Waals surface area (Å²) in [5.41, 5.74) is 0.687. The predicted molar refractivity (Wildman–Crippen MR) is 62.2 cm³/mol. The van der Waals surface area contributed by atoms with Crippen molar-refractivity contribution in [1.82, 2.24) is 5.32 Å². The molecular weight excluding hydrogens is 268 g/mol. The lowest BCUT2D eigenvalue weighted by Gasteiger charge is -2.11. The predicted octanol–water partition coefficient (Wildman–Crippen LogP) is 2.15. The van der Waals surface area contributed by atoms with Crippen molar-refractivity contribution in [2.24, 2.45) is 0 Å². The van der Waals surface area contributed by atoms with E-state index in [1.165, 1.54) is 19.2 Å². The average molecular weight is 280 g/mol. The largest absolute Gasteiger partial charge is 0.493 e. The molecule has 0 aromatic heterocycles. The molecule has 0 atom stereocenters. The first-order valence-electron chi connectivity index (χ1n) is 5.01. The maximum atomic E-state index is 12.1. The zero-order chi connectivity index (χ0) is 13.5. The van der Waals surface area contributed by atoms with E-state index in [9.17, 15) is 13.6 Å². The first-order valence-corrected chi connectivity index (χ1v) is 5.54. The maximum absolute atomic E-state index is 12.1. The molecular formula is C11H12ClF2NO3. The number of nitrogens with one attached hydrogen (secondary N) is 1. The van der Waals surface area contributed by atoms with E-state index in [-0.39, 0.29) is 29.8 Å². The molecule has 4 nitrogen and oxygen atoms in total. The lowest BCUT2D eigenvalue weighted by Crippen LogP contribution is -2.23. The quantitative estimate of drug-likeness (QED) is 0.812. The fourth-order valence-electron chi connectivity index (χ4n) is 1.26. The van der Waals surface area contributed by atoms with Crippen molar-refractivity contribution in [3.05, 3.63) is 23.8 Å². The minimum absolute atomic E-state index is 0.0556. The normalized spacial score (nSPS) is 10.3. The Morgan fingerprint density at radius 3 is 2.72 bits per heavy atom. The van der Waals surface area contributed by atoms with Crippen LogP contribution in [0.1, 0.15) is 5.56 Å². The van der Waals surface area contributed by atoms with E-state index in [1.807, 2.05) is 0 Å². The number of hydrogen-bond acceptors (Lipinski definition) is 3. The van der Waals surface area contributed by atoms with Crippen molar-refractivity contribution in [3.8, 4) is 11.5 Å². The van der Waals surface area contributed by atoms with Gasteiger partial charge in [-0.05, 0) is 17.7 Å². The first-order chi connectivity index (χ1) is 8.56. The molecule has 0 fully saturated rings. The van der Waals surface area contributed by atoms with E-state index in [4.69, 9.17) is 16.3 Å². The van der Waals surface area contributed by atoms with Crippen molar-refractivity contribution in [3.63, 3.8) is 0 Å². The molecule has 0 aliphatic heterocycles. The monoisotopic (exact) mass is 279 g/mol. The van der Waals surface area contributed by atoms with Gasteiger partial charge in [-0.15, -0.1) is 11.6 Å². The summed E-state index contributed by atoms with van der Waals surface area (Å²) >= 11 is 5.32. The van der Waals surface area contributed by atoms with Crippen molar-refractivity contribution in [2.75, 3.05) is 13.0 Å². The van der Waals surface area contributed by atoms with Crippen molar-refractivity contribution >= 4 is 17.5 Å². The topological polar surface area (TPSA) is 47.6 Å². The molecule has 0 heterocycles. The molecule has 0 spiro atoms. The van der Waals surface area contributed by atoms with Crippen LogP contribution in [0.15, 0.2) is 18.2 Å². The van der Waals surface area contributed by atoms with Crippen LogP contribution in [0, 0.1) is 0 Å². The summed E-state index contributed by atoms with van der Waals surface area (Å²) in [5, 5.41) is 2.54. The van der Waals surface area contributed by atoms with E-state index < -0.39 is 6.61 Å². The Kier molecular flexibility index (Phi) is 5.64. The second-order valence-corrected chi connectivity index (χ2v) is 3.54. The van der Waals surface area contributed by atoms with Crippen molar-refractivity contribution < 1.29 is 23.0 Å². The van der Waals surface area contributed by atoms with Crippen LogP contribution in [0.3, 0.4) is 0 Å². The molecule has 0 radical (unpaired) electrons. The highest BCUT2D eigenvalue weighted by Gasteiger charge is 2.11. The van der Waals surface area contributed by atoms with Gasteiger partial charge < -0.3 is 14.8 Å². The van der Waals surface area contributed by atoms with Gasteiger partial charge in [0.2, 0.25) is 5.91 Å². The number of hydrogen-bond donors (Lipinski definition) is 1. The summed E-state index contributed by atoms with van der Waals surface area (Å²) in [7, 11) is 1.34.